The fourth-order valence-electron chi connectivity index (χ4n) is 2.06. The Kier molecular flexibility index (Phi) is 3.97. The van der Waals surface area contributed by atoms with Crippen molar-refractivity contribution in [1.82, 2.24) is 14.4 Å². The summed E-state index contributed by atoms with van der Waals surface area (Å²) < 4.78 is 6.68. The second kappa shape index (κ2) is 6.27. The van der Waals surface area contributed by atoms with Crippen LogP contribution in [0.15, 0.2) is 45.3 Å². The van der Waals surface area contributed by atoms with Crippen molar-refractivity contribution in [2.75, 3.05) is 0 Å². The first-order chi connectivity index (χ1) is 11.7. The van der Waals surface area contributed by atoms with Gasteiger partial charge >= 0.3 is 5.97 Å². The molecule has 0 amide bonds. The van der Waals surface area contributed by atoms with E-state index in [-0.39, 0.29) is 17.9 Å². The normalized spacial score (nSPS) is 11.0. The largest absolute Gasteiger partial charge is 0.454 e. The number of ether oxygens (including phenoxy) is 1. The monoisotopic (exact) mass is 375 g/mol. The summed E-state index contributed by atoms with van der Waals surface area (Å²) in [7, 11) is 0. The van der Waals surface area contributed by atoms with E-state index in [4.69, 9.17) is 4.74 Å². The Morgan fingerprint density at radius 3 is 2.96 bits per heavy atom. The topological polar surface area (TPSA) is 73.6 Å². The number of fused-ring (bicyclic) bond motifs is 1. The second-order valence-corrected chi connectivity index (χ2v) is 7.41. The van der Waals surface area contributed by atoms with E-state index in [1.165, 1.54) is 33.1 Å². The molecule has 0 N–H and O–H groups in total. The smallest absolute Gasteiger partial charge is 0.358 e. The average Bonchev–Trinajstić information content (AvgIpc) is 3.31. The predicted octanol–water partition coefficient (Wildman–Crippen LogP) is 3.30. The molecule has 0 aliphatic carbocycles. The predicted molar refractivity (Wildman–Crippen MR) is 93.9 cm³/mol. The van der Waals surface area contributed by atoms with E-state index in [1.807, 2.05) is 17.5 Å². The highest BCUT2D eigenvalue weighted by molar-refractivity contribution is 7.20. The first-order valence-corrected chi connectivity index (χ1v) is 9.47. The highest BCUT2D eigenvalue weighted by Crippen LogP contribution is 2.28. The Morgan fingerprint density at radius 2 is 2.12 bits per heavy atom. The number of esters is 1. The zero-order valence-electron chi connectivity index (χ0n) is 12.0. The maximum absolute atomic E-state index is 12.1. The van der Waals surface area contributed by atoms with Crippen LogP contribution in [0.5, 0.6) is 0 Å². The van der Waals surface area contributed by atoms with Crippen molar-refractivity contribution in [2.24, 2.45) is 0 Å². The number of aromatic nitrogens is 3. The zero-order valence-corrected chi connectivity index (χ0v) is 14.5. The highest BCUT2D eigenvalue weighted by Gasteiger charge is 2.14. The molecule has 0 atom stereocenters. The van der Waals surface area contributed by atoms with Crippen molar-refractivity contribution in [1.29, 1.82) is 0 Å². The van der Waals surface area contributed by atoms with Crippen molar-refractivity contribution >= 4 is 44.9 Å². The van der Waals surface area contributed by atoms with E-state index in [2.05, 4.69) is 9.97 Å². The van der Waals surface area contributed by atoms with Gasteiger partial charge in [-0.25, -0.2) is 14.8 Å². The highest BCUT2D eigenvalue weighted by atomic mass is 32.1. The van der Waals surface area contributed by atoms with Gasteiger partial charge in [0.1, 0.15) is 11.6 Å². The number of thiophene rings is 1. The van der Waals surface area contributed by atoms with E-state index in [0.29, 0.717) is 10.7 Å². The molecule has 0 saturated heterocycles. The summed E-state index contributed by atoms with van der Waals surface area (Å²) in [5.41, 5.74) is 0.489. The van der Waals surface area contributed by atoms with Gasteiger partial charge in [-0.05, 0) is 11.4 Å². The van der Waals surface area contributed by atoms with Crippen molar-refractivity contribution in [3.63, 3.8) is 0 Å². The zero-order chi connectivity index (χ0) is 16.5. The number of carbonyl (C=O) groups excluding carboxylic acids is 1. The van der Waals surface area contributed by atoms with Gasteiger partial charge < -0.3 is 4.74 Å². The van der Waals surface area contributed by atoms with E-state index < -0.39 is 5.97 Å². The first kappa shape index (κ1) is 15.2. The van der Waals surface area contributed by atoms with Gasteiger partial charge in [0.15, 0.2) is 10.7 Å². The molecular weight excluding hydrogens is 366 g/mol. The van der Waals surface area contributed by atoms with Crippen LogP contribution in [0.4, 0.5) is 0 Å². The van der Waals surface area contributed by atoms with Crippen LogP contribution in [0, 0.1) is 0 Å². The van der Waals surface area contributed by atoms with E-state index in [9.17, 15) is 9.59 Å². The molecule has 120 valence electrons. The fourth-order valence-corrected chi connectivity index (χ4v) is 4.40. The molecule has 0 aliphatic rings. The Balaban J connectivity index is 1.49. The maximum Gasteiger partial charge on any atom is 0.358 e. The molecule has 24 heavy (non-hydrogen) atoms. The van der Waals surface area contributed by atoms with Gasteiger partial charge in [0.2, 0.25) is 0 Å². The van der Waals surface area contributed by atoms with Gasteiger partial charge in [0.25, 0.3) is 5.56 Å². The van der Waals surface area contributed by atoms with Crippen LogP contribution in [-0.2, 0) is 11.3 Å². The molecule has 4 heterocycles. The summed E-state index contributed by atoms with van der Waals surface area (Å²) in [6.07, 6.45) is 1.66. The molecule has 4 rings (SSSR count). The lowest BCUT2D eigenvalue weighted by molar-refractivity contribution is 0.0462. The number of hydrogen-bond donors (Lipinski definition) is 0. The van der Waals surface area contributed by atoms with E-state index >= 15 is 0 Å². The molecule has 9 heteroatoms. The van der Waals surface area contributed by atoms with Crippen LogP contribution in [0.25, 0.3) is 14.8 Å². The van der Waals surface area contributed by atoms with Crippen molar-refractivity contribution < 1.29 is 9.53 Å². The molecule has 0 unspecified atom stereocenters. The number of rotatable bonds is 4. The third-order valence-electron chi connectivity index (χ3n) is 3.15. The molecule has 0 saturated carbocycles. The minimum atomic E-state index is -0.526. The van der Waals surface area contributed by atoms with Crippen LogP contribution in [-0.4, -0.2) is 20.3 Å². The second-order valence-electron chi connectivity index (χ2n) is 4.73. The summed E-state index contributed by atoms with van der Waals surface area (Å²) >= 11 is 4.31. The summed E-state index contributed by atoms with van der Waals surface area (Å²) in [6.45, 7) is -0.0612. The summed E-state index contributed by atoms with van der Waals surface area (Å²) in [5, 5.41) is 6.19. The van der Waals surface area contributed by atoms with Gasteiger partial charge in [-0.15, -0.1) is 34.0 Å². The number of hydrogen-bond acceptors (Lipinski definition) is 8. The number of thiazole rings is 2. The Morgan fingerprint density at radius 1 is 1.21 bits per heavy atom. The van der Waals surface area contributed by atoms with Gasteiger partial charge in [0.05, 0.1) is 10.6 Å². The molecule has 0 aromatic carbocycles. The van der Waals surface area contributed by atoms with Crippen LogP contribution >= 0.6 is 34.0 Å². The molecule has 0 bridgehead atoms. The van der Waals surface area contributed by atoms with Crippen molar-refractivity contribution in [3.05, 3.63) is 62.3 Å². The number of nitrogens with zero attached hydrogens (tertiary/aromatic N) is 3. The Hall–Kier alpha value is -2.36. The quantitative estimate of drug-likeness (QED) is 0.512. The molecule has 4 aromatic heterocycles. The van der Waals surface area contributed by atoms with E-state index in [1.54, 1.807) is 28.3 Å². The first-order valence-electron chi connectivity index (χ1n) is 6.83. The molecular formula is C15H9N3O3S3. The molecule has 0 spiro atoms. The van der Waals surface area contributed by atoms with Crippen molar-refractivity contribution in [2.45, 2.75) is 6.61 Å². The molecule has 0 fully saturated rings. The fraction of sp³-hybridized carbons (Fsp3) is 0.0667. The lowest BCUT2D eigenvalue weighted by Crippen LogP contribution is -2.14. The minimum Gasteiger partial charge on any atom is -0.454 e. The van der Waals surface area contributed by atoms with Gasteiger partial charge in [-0.1, -0.05) is 6.07 Å². The van der Waals surface area contributed by atoms with Gasteiger partial charge in [0, 0.05) is 23.0 Å². The molecule has 6 nitrogen and oxygen atoms in total. The lowest BCUT2D eigenvalue weighted by atomic mass is 10.4. The van der Waals surface area contributed by atoms with E-state index in [0.717, 1.165) is 9.88 Å². The average molecular weight is 375 g/mol. The maximum atomic E-state index is 12.1. The van der Waals surface area contributed by atoms with Crippen molar-refractivity contribution in [3.8, 4) is 9.88 Å². The Labute approximate surface area is 147 Å². The third kappa shape index (κ3) is 2.88. The molecule has 0 radical (unpaired) electrons. The van der Waals surface area contributed by atoms with Crippen LogP contribution < -0.4 is 5.56 Å². The third-order valence-corrected chi connectivity index (χ3v) is 5.79. The van der Waals surface area contributed by atoms with Gasteiger partial charge in [-0.2, -0.15) is 0 Å². The summed E-state index contributed by atoms with van der Waals surface area (Å²) in [6, 6.07) is 5.25. The molecule has 4 aromatic rings. The van der Waals surface area contributed by atoms with Crippen LogP contribution in [0.1, 0.15) is 16.2 Å². The molecule has 0 aliphatic heterocycles. The number of carbonyl (C=O) groups is 1. The lowest BCUT2D eigenvalue weighted by Gasteiger charge is -2.02. The SMILES string of the molecule is O=C(OCc1cc(=O)n2ccsc2n1)c1csc(-c2cccs2)n1. The Bertz CT molecular complexity index is 1060. The minimum absolute atomic E-state index is 0.0612. The summed E-state index contributed by atoms with van der Waals surface area (Å²) in [4.78, 5) is 34.2. The standard InChI is InChI=1S/C15H9N3O3S3/c19-12-6-9(16-15-18(12)3-5-23-15)7-21-14(20)10-8-24-13(17-10)11-2-1-4-22-11/h1-6,8H,7H2. The van der Waals surface area contributed by atoms with Crippen LogP contribution in [0.2, 0.25) is 0 Å². The van der Waals surface area contributed by atoms with Gasteiger partial charge in [-0.3, -0.25) is 9.20 Å². The van der Waals surface area contributed by atoms with Crippen LogP contribution in [0.3, 0.4) is 0 Å². The summed E-state index contributed by atoms with van der Waals surface area (Å²) in [5.74, 6) is -0.526.